The van der Waals surface area contributed by atoms with Crippen molar-refractivity contribution in [2.75, 3.05) is 0 Å². The van der Waals surface area contributed by atoms with Gasteiger partial charge in [0.1, 0.15) is 5.54 Å². The first-order chi connectivity index (χ1) is 12.4. The van der Waals surface area contributed by atoms with Gasteiger partial charge in [0.15, 0.2) is 0 Å². The Hall–Kier alpha value is -3.73. The molecule has 3 amide bonds. The van der Waals surface area contributed by atoms with Crippen molar-refractivity contribution in [3.05, 3.63) is 75.3 Å². The van der Waals surface area contributed by atoms with E-state index in [1.165, 1.54) is 24.3 Å². The Kier molecular flexibility index (Phi) is 4.14. The maximum atomic E-state index is 12.9. The van der Waals surface area contributed by atoms with Gasteiger partial charge in [-0.15, -0.1) is 0 Å². The SMILES string of the molecule is C[C@@]1(c2ccc([N+](=O)[O-])cc2)NC(=O)N(Cc2ccccc2C#N)C1=O. The van der Waals surface area contributed by atoms with Gasteiger partial charge in [0.25, 0.3) is 11.6 Å². The Morgan fingerprint density at radius 2 is 1.85 bits per heavy atom. The fourth-order valence-electron chi connectivity index (χ4n) is 2.89. The van der Waals surface area contributed by atoms with Crippen molar-refractivity contribution >= 4 is 17.6 Å². The summed E-state index contributed by atoms with van der Waals surface area (Å²) in [4.78, 5) is 36.5. The van der Waals surface area contributed by atoms with E-state index >= 15 is 0 Å². The highest BCUT2D eigenvalue weighted by Gasteiger charge is 2.49. The number of amides is 3. The Balaban J connectivity index is 1.90. The molecule has 8 nitrogen and oxygen atoms in total. The van der Waals surface area contributed by atoms with Crippen LogP contribution in [0.5, 0.6) is 0 Å². The summed E-state index contributed by atoms with van der Waals surface area (Å²) in [5, 5.41) is 22.6. The molecule has 0 aliphatic carbocycles. The maximum absolute atomic E-state index is 12.9. The van der Waals surface area contributed by atoms with Gasteiger partial charge in [0, 0.05) is 12.1 Å². The molecule has 0 radical (unpaired) electrons. The molecule has 1 aliphatic rings. The normalized spacial score (nSPS) is 19.2. The number of benzene rings is 2. The zero-order valence-corrected chi connectivity index (χ0v) is 13.8. The maximum Gasteiger partial charge on any atom is 0.325 e. The van der Waals surface area contributed by atoms with E-state index in [4.69, 9.17) is 5.26 Å². The fraction of sp³-hybridized carbons (Fsp3) is 0.167. The van der Waals surface area contributed by atoms with Crippen LogP contribution in [0.15, 0.2) is 48.5 Å². The Bertz CT molecular complexity index is 948. The fourth-order valence-corrected chi connectivity index (χ4v) is 2.89. The lowest BCUT2D eigenvalue weighted by Gasteiger charge is -2.22. The number of urea groups is 1. The van der Waals surface area contributed by atoms with Crippen molar-refractivity contribution < 1.29 is 14.5 Å². The van der Waals surface area contributed by atoms with E-state index in [0.717, 1.165) is 4.90 Å². The van der Waals surface area contributed by atoms with Crippen molar-refractivity contribution in [1.29, 1.82) is 5.26 Å². The summed E-state index contributed by atoms with van der Waals surface area (Å²) in [5.74, 6) is -0.482. The van der Waals surface area contributed by atoms with Crippen LogP contribution in [0.3, 0.4) is 0 Å². The molecule has 1 saturated heterocycles. The summed E-state index contributed by atoms with van der Waals surface area (Å²) >= 11 is 0. The zero-order chi connectivity index (χ0) is 18.9. The van der Waals surface area contributed by atoms with Gasteiger partial charge in [-0.25, -0.2) is 4.79 Å². The van der Waals surface area contributed by atoms with E-state index in [1.54, 1.807) is 31.2 Å². The molecule has 3 rings (SSSR count). The molecular formula is C18H14N4O4. The van der Waals surface area contributed by atoms with Crippen LogP contribution in [-0.2, 0) is 16.9 Å². The van der Waals surface area contributed by atoms with Gasteiger partial charge in [-0.2, -0.15) is 5.26 Å². The lowest BCUT2D eigenvalue weighted by atomic mass is 9.92. The second-order valence-electron chi connectivity index (χ2n) is 6.02. The molecular weight excluding hydrogens is 336 g/mol. The van der Waals surface area contributed by atoms with E-state index < -0.39 is 22.4 Å². The van der Waals surface area contributed by atoms with Crippen LogP contribution in [-0.4, -0.2) is 21.8 Å². The highest BCUT2D eigenvalue weighted by molar-refractivity contribution is 6.07. The number of carbonyl (C=O) groups is 2. The van der Waals surface area contributed by atoms with Gasteiger partial charge in [-0.1, -0.05) is 18.2 Å². The summed E-state index contributed by atoms with van der Waals surface area (Å²) < 4.78 is 0. The number of carbonyl (C=O) groups excluding carboxylic acids is 2. The molecule has 26 heavy (non-hydrogen) atoms. The molecule has 8 heteroatoms. The lowest BCUT2D eigenvalue weighted by molar-refractivity contribution is -0.384. The molecule has 1 atom stereocenters. The van der Waals surface area contributed by atoms with Gasteiger partial charge >= 0.3 is 6.03 Å². The summed E-state index contributed by atoms with van der Waals surface area (Å²) in [6, 6.07) is 13.6. The molecule has 0 aromatic heterocycles. The average Bonchev–Trinajstić information content (AvgIpc) is 2.86. The molecule has 1 heterocycles. The number of hydrogen-bond acceptors (Lipinski definition) is 5. The van der Waals surface area contributed by atoms with E-state index in [-0.39, 0.29) is 12.2 Å². The minimum absolute atomic E-state index is 0.0308. The lowest BCUT2D eigenvalue weighted by Crippen LogP contribution is -2.40. The van der Waals surface area contributed by atoms with Crippen molar-refractivity contribution in [3.63, 3.8) is 0 Å². The number of nitrogens with zero attached hydrogens (tertiary/aromatic N) is 3. The van der Waals surface area contributed by atoms with Crippen LogP contribution in [0.4, 0.5) is 10.5 Å². The molecule has 1 fully saturated rings. The molecule has 2 aromatic rings. The quantitative estimate of drug-likeness (QED) is 0.516. The summed E-state index contributed by atoms with van der Waals surface area (Å²) in [6.45, 7) is 1.52. The van der Waals surface area contributed by atoms with Crippen LogP contribution in [0, 0.1) is 21.4 Å². The summed E-state index contributed by atoms with van der Waals surface area (Å²) in [5.41, 5.74) is -0.0386. The Morgan fingerprint density at radius 3 is 2.46 bits per heavy atom. The molecule has 1 N–H and O–H groups in total. The van der Waals surface area contributed by atoms with E-state index in [9.17, 15) is 19.7 Å². The van der Waals surface area contributed by atoms with Gasteiger partial charge in [-0.05, 0) is 36.2 Å². The minimum atomic E-state index is -1.33. The third-order valence-corrected chi connectivity index (χ3v) is 4.40. The molecule has 2 aromatic carbocycles. The summed E-state index contributed by atoms with van der Waals surface area (Å²) in [6.07, 6.45) is 0. The van der Waals surface area contributed by atoms with Crippen molar-refractivity contribution in [1.82, 2.24) is 10.2 Å². The van der Waals surface area contributed by atoms with Crippen molar-refractivity contribution in [2.24, 2.45) is 0 Å². The Labute approximate surface area is 148 Å². The van der Waals surface area contributed by atoms with Crippen molar-refractivity contribution in [3.8, 4) is 6.07 Å². The minimum Gasteiger partial charge on any atom is -0.319 e. The van der Waals surface area contributed by atoms with Gasteiger partial charge in [0.05, 0.1) is 23.1 Å². The van der Waals surface area contributed by atoms with E-state index in [2.05, 4.69) is 5.32 Å². The highest BCUT2D eigenvalue weighted by atomic mass is 16.6. The van der Waals surface area contributed by atoms with Gasteiger partial charge in [0.2, 0.25) is 0 Å². The monoisotopic (exact) mass is 350 g/mol. The predicted octanol–water partition coefficient (Wildman–Crippen LogP) is 2.43. The first-order valence-corrected chi connectivity index (χ1v) is 7.74. The molecule has 0 saturated carbocycles. The van der Waals surface area contributed by atoms with Crippen LogP contribution < -0.4 is 5.32 Å². The van der Waals surface area contributed by atoms with Gasteiger partial charge in [-0.3, -0.25) is 19.8 Å². The second kappa shape index (κ2) is 6.29. The van der Waals surface area contributed by atoms with Crippen molar-refractivity contribution in [2.45, 2.75) is 19.0 Å². The molecule has 1 aliphatic heterocycles. The van der Waals surface area contributed by atoms with Crippen LogP contribution >= 0.6 is 0 Å². The second-order valence-corrected chi connectivity index (χ2v) is 6.02. The summed E-state index contributed by atoms with van der Waals surface area (Å²) in [7, 11) is 0. The van der Waals surface area contributed by atoms with E-state index in [1.807, 2.05) is 6.07 Å². The number of nitriles is 1. The molecule has 130 valence electrons. The number of hydrogen-bond donors (Lipinski definition) is 1. The number of nitrogens with one attached hydrogen (secondary N) is 1. The number of imide groups is 1. The van der Waals surface area contributed by atoms with Crippen LogP contribution in [0.2, 0.25) is 0 Å². The van der Waals surface area contributed by atoms with E-state index in [0.29, 0.717) is 16.7 Å². The number of nitro benzene ring substituents is 1. The largest absolute Gasteiger partial charge is 0.325 e. The highest BCUT2D eigenvalue weighted by Crippen LogP contribution is 2.31. The molecule has 0 bridgehead atoms. The number of rotatable bonds is 4. The van der Waals surface area contributed by atoms with Crippen LogP contribution in [0.1, 0.15) is 23.6 Å². The van der Waals surface area contributed by atoms with Gasteiger partial charge < -0.3 is 5.32 Å². The van der Waals surface area contributed by atoms with Crippen LogP contribution in [0.25, 0.3) is 0 Å². The first kappa shape index (κ1) is 17.1. The first-order valence-electron chi connectivity index (χ1n) is 7.74. The zero-order valence-electron chi connectivity index (χ0n) is 13.8. The topological polar surface area (TPSA) is 116 Å². The third kappa shape index (κ3) is 2.75. The smallest absolute Gasteiger partial charge is 0.319 e. The standard InChI is InChI=1S/C18H14N4O4/c1-18(14-6-8-15(9-7-14)22(25)26)16(23)21(17(24)20-18)11-13-5-3-2-4-12(13)10-19/h2-9H,11H2,1H3,(H,20,24)/t18-/m0/s1. The molecule has 0 unspecified atom stereocenters. The predicted molar refractivity (Wildman–Crippen MR) is 90.7 cm³/mol. The number of nitro groups is 1. The Morgan fingerprint density at radius 1 is 1.19 bits per heavy atom. The third-order valence-electron chi connectivity index (χ3n) is 4.40. The molecule has 0 spiro atoms. The number of non-ortho nitro benzene ring substituents is 1. The average molecular weight is 350 g/mol.